The van der Waals surface area contributed by atoms with Crippen LogP contribution in [0.2, 0.25) is 10.0 Å². The predicted octanol–water partition coefficient (Wildman–Crippen LogP) is 4.07. The lowest BCUT2D eigenvalue weighted by Crippen LogP contribution is -2.15. The van der Waals surface area contributed by atoms with Gasteiger partial charge in [-0.1, -0.05) is 29.3 Å². The number of thioether (sulfide) groups is 1. The van der Waals surface area contributed by atoms with Crippen LogP contribution in [0.5, 0.6) is 0 Å². The second-order valence-electron chi connectivity index (χ2n) is 3.46. The molecule has 1 unspecified atom stereocenters. The van der Waals surface area contributed by atoms with Gasteiger partial charge in [-0.15, -0.1) is 0 Å². The molecule has 80 valence electrons. The van der Waals surface area contributed by atoms with E-state index in [0.717, 1.165) is 18.6 Å². The molecule has 2 rings (SSSR count). The third kappa shape index (κ3) is 2.32. The summed E-state index contributed by atoms with van der Waals surface area (Å²) in [6.07, 6.45) is 2.04. The fourth-order valence-corrected chi connectivity index (χ4v) is 3.48. The van der Waals surface area contributed by atoms with E-state index in [1.807, 2.05) is 0 Å². The largest absolute Gasteiger partial charge is 0.293 e. The van der Waals surface area contributed by atoms with Crippen molar-refractivity contribution in [3.05, 3.63) is 33.8 Å². The first-order chi connectivity index (χ1) is 7.20. The minimum absolute atomic E-state index is 0.0439. The Bertz CT molecular complexity index is 366. The smallest absolute Gasteiger partial charge is 0.178 e. The standard InChI is InChI=1S/C11H10Cl2OS/c12-7-3-1-4-8(13)10(7)11(14)9-5-2-6-15-9/h1,3-4,9H,2,5-6H2. The highest BCUT2D eigenvalue weighted by Gasteiger charge is 2.27. The molecule has 0 N–H and O–H groups in total. The highest BCUT2D eigenvalue weighted by Crippen LogP contribution is 2.33. The molecule has 0 radical (unpaired) electrons. The fraction of sp³-hybridized carbons (Fsp3) is 0.364. The Balaban J connectivity index is 2.32. The van der Waals surface area contributed by atoms with Crippen molar-refractivity contribution in [2.75, 3.05) is 5.75 Å². The quantitative estimate of drug-likeness (QED) is 0.746. The number of benzene rings is 1. The van der Waals surface area contributed by atoms with E-state index in [1.165, 1.54) is 0 Å². The van der Waals surface area contributed by atoms with Gasteiger partial charge in [0, 0.05) is 0 Å². The number of hydrogen-bond donors (Lipinski definition) is 0. The molecule has 1 fully saturated rings. The van der Waals surface area contributed by atoms with Gasteiger partial charge in [-0.25, -0.2) is 0 Å². The zero-order chi connectivity index (χ0) is 10.8. The molecule has 1 aliphatic rings. The van der Waals surface area contributed by atoms with Crippen LogP contribution >= 0.6 is 35.0 Å². The average Bonchev–Trinajstić information content (AvgIpc) is 2.69. The summed E-state index contributed by atoms with van der Waals surface area (Å²) in [4.78, 5) is 12.1. The summed E-state index contributed by atoms with van der Waals surface area (Å²) in [6, 6.07) is 5.17. The van der Waals surface area contributed by atoms with Crippen molar-refractivity contribution in [1.82, 2.24) is 0 Å². The van der Waals surface area contributed by atoms with Crippen molar-refractivity contribution >= 4 is 40.7 Å². The summed E-state index contributed by atoms with van der Waals surface area (Å²) < 4.78 is 0. The molecule has 1 heterocycles. The van der Waals surface area contributed by atoms with E-state index in [-0.39, 0.29) is 11.0 Å². The van der Waals surface area contributed by atoms with Crippen molar-refractivity contribution in [3.8, 4) is 0 Å². The van der Waals surface area contributed by atoms with E-state index in [1.54, 1.807) is 30.0 Å². The van der Waals surface area contributed by atoms with Crippen molar-refractivity contribution in [2.24, 2.45) is 0 Å². The number of ketones is 1. The molecule has 0 saturated carbocycles. The summed E-state index contributed by atoms with van der Waals surface area (Å²) in [7, 11) is 0. The monoisotopic (exact) mass is 260 g/mol. The zero-order valence-electron chi connectivity index (χ0n) is 8.00. The van der Waals surface area contributed by atoms with Gasteiger partial charge in [0.2, 0.25) is 0 Å². The van der Waals surface area contributed by atoms with Crippen molar-refractivity contribution < 1.29 is 4.79 Å². The van der Waals surface area contributed by atoms with Crippen LogP contribution in [0.3, 0.4) is 0 Å². The van der Waals surface area contributed by atoms with E-state index in [9.17, 15) is 4.79 Å². The van der Waals surface area contributed by atoms with Crippen LogP contribution in [0.1, 0.15) is 23.2 Å². The first-order valence-electron chi connectivity index (χ1n) is 4.80. The second-order valence-corrected chi connectivity index (χ2v) is 5.59. The van der Waals surface area contributed by atoms with Crippen LogP contribution in [-0.2, 0) is 0 Å². The molecule has 0 spiro atoms. The van der Waals surface area contributed by atoms with Crippen molar-refractivity contribution in [1.29, 1.82) is 0 Å². The summed E-state index contributed by atoms with van der Waals surface area (Å²) in [5, 5.41) is 0.961. The molecule has 1 aromatic rings. The lowest BCUT2D eigenvalue weighted by atomic mass is 10.1. The lowest BCUT2D eigenvalue weighted by Gasteiger charge is -2.10. The third-order valence-corrected chi connectivity index (χ3v) is 4.44. The average molecular weight is 261 g/mol. The maximum absolute atomic E-state index is 12.1. The zero-order valence-corrected chi connectivity index (χ0v) is 10.3. The molecule has 1 saturated heterocycles. The maximum Gasteiger partial charge on any atom is 0.178 e. The van der Waals surface area contributed by atoms with Crippen LogP contribution < -0.4 is 0 Å². The molecule has 1 atom stereocenters. The Morgan fingerprint density at radius 1 is 1.33 bits per heavy atom. The Morgan fingerprint density at radius 2 is 2.00 bits per heavy atom. The van der Waals surface area contributed by atoms with Crippen molar-refractivity contribution in [2.45, 2.75) is 18.1 Å². The maximum atomic E-state index is 12.1. The Kier molecular flexibility index (Phi) is 3.60. The second kappa shape index (κ2) is 4.77. The van der Waals surface area contributed by atoms with Gasteiger partial charge >= 0.3 is 0 Å². The number of Topliss-reactive ketones (excluding diaryl/α,β-unsaturated/α-hetero) is 1. The van der Waals surface area contributed by atoms with Gasteiger partial charge in [-0.05, 0) is 30.7 Å². The number of carbonyl (C=O) groups excluding carboxylic acids is 1. The van der Waals surface area contributed by atoms with Crippen LogP contribution in [0.15, 0.2) is 18.2 Å². The van der Waals surface area contributed by atoms with Gasteiger partial charge in [-0.3, -0.25) is 4.79 Å². The van der Waals surface area contributed by atoms with Gasteiger partial charge in [0.25, 0.3) is 0 Å². The summed E-state index contributed by atoms with van der Waals surface area (Å²) in [6.45, 7) is 0. The van der Waals surface area contributed by atoms with Gasteiger partial charge in [0.05, 0.1) is 20.9 Å². The SMILES string of the molecule is O=C(c1c(Cl)cccc1Cl)C1CCCS1. The van der Waals surface area contributed by atoms with E-state index in [4.69, 9.17) is 23.2 Å². The molecule has 0 amide bonds. The van der Waals surface area contributed by atoms with E-state index in [2.05, 4.69) is 0 Å². The molecule has 0 aliphatic carbocycles. The number of rotatable bonds is 2. The Hall–Kier alpha value is -0.180. The number of halogens is 2. The van der Waals surface area contributed by atoms with Gasteiger partial charge in [0.1, 0.15) is 0 Å². The van der Waals surface area contributed by atoms with Crippen LogP contribution in [0.4, 0.5) is 0 Å². The number of hydrogen-bond acceptors (Lipinski definition) is 2. The lowest BCUT2D eigenvalue weighted by molar-refractivity contribution is 0.0989. The minimum atomic E-state index is 0.0439. The Labute approximate surface area is 103 Å². The van der Waals surface area contributed by atoms with Gasteiger partial charge in [-0.2, -0.15) is 11.8 Å². The molecular weight excluding hydrogens is 251 g/mol. The molecule has 1 aromatic carbocycles. The van der Waals surface area contributed by atoms with Crippen LogP contribution in [0.25, 0.3) is 0 Å². The summed E-state index contributed by atoms with van der Waals surface area (Å²) >= 11 is 13.7. The summed E-state index contributed by atoms with van der Waals surface area (Å²) in [5.74, 6) is 1.13. The first kappa shape index (κ1) is 11.3. The highest BCUT2D eigenvalue weighted by atomic mass is 35.5. The highest BCUT2D eigenvalue weighted by molar-refractivity contribution is 8.00. The van der Waals surface area contributed by atoms with Gasteiger partial charge < -0.3 is 0 Å². The van der Waals surface area contributed by atoms with E-state index >= 15 is 0 Å². The van der Waals surface area contributed by atoms with Crippen LogP contribution in [0, 0.1) is 0 Å². The van der Waals surface area contributed by atoms with Crippen LogP contribution in [-0.4, -0.2) is 16.8 Å². The van der Waals surface area contributed by atoms with Crippen molar-refractivity contribution in [3.63, 3.8) is 0 Å². The molecular formula is C11H10Cl2OS. The van der Waals surface area contributed by atoms with E-state index in [0.29, 0.717) is 15.6 Å². The molecule has 1 aliphatic heterocycles. The first-order valence-corrected chi connectivity index (χ1v) is 6.60. The number of carbonyl (C=O) groups is 1. The van der Waals surface area contributed by atoms with E-state index < -0.39 is 0 Å². The minimum Gasteiger partial charge on any atom is -0.293 e. The topological polar surface area (TPSA) is 17.1 Å². The summed E-state index contributed by atoms with van der Waals surface area (Å²) in [5.41, 5.74) is 0.486. The fourth-order valence-electron chi connectivity index (χ4n) is 1.68. The third-order valence-electron chi connectivity index (χ3n) is 2.43. The molecule has 0 bridgehead atoms. The molecule has 0 aromatic heterocycles. The molecule has 1 nitrogen and oxygen atoms in total. The Morgan fingerprint density at radius 3 is 2.53 bits per heavy atom. The normalized spacial score (nSPS) is 20.5. The molecule has 15 heavy (non-hydrogen) atoms. The predicted molar refractivity (Wildman–Crippen MR) is 66.3 cm³/mol. The molecule has 4 heteroatoms. The van der Waals surface area contributed by atoms with Gasteiger partial charge in [0.15, 0.2) is 5.78 Å².